The Hall–Kier alpha value is -3.05. The van der Waals surface area contributed by atoms with Crippen molar-refractivity contribution in [2.75, 3.05) is 12.8 Å². The minimum Gasteiger partial charge on any atom is -0.496 e. The minimum atomic E-state index is -0.674. The summed E-state index contributed by atoms with van der Waals surface area (Å²) in [6.45, 7) is 12.2. The highest BCUT2D eigenvalue weighted by molar-refractivity contribution is 6.48. The Balaban J connectivity index is 1.42. The molecule has 2 heterocycles. The van der Waals surface area contributed by atoms with Crippen LogP contribution in [-0.2, 0) is 31.8 Å². The number of para-hydroxylation sites is 1. The number of benzene rings is 1. The SMILES string of the molecule is COc1c(CC(NC(=O)Cn2cc(N)cn2)B2O[C@@H]3C[C@@H]4C[C@@H](C4(C)C)[C@]3(C)O2)cccc1C(=O)OC(C)(C)C. The largest absolute Gasteiger partial charge is 0.496 e. The van der Waals surface area contributed by atoms with E-state index in [4.69, 9.17) is 24.5 Å². The van der Waals surface area contributed by atoms with Gasteiger partial charge in [0.05, 0.1) is 36.6 Å². The number of hydrogen-bond acceptors (Lipinski definition) is 8. The van der Waals surface area contributed by atoms with Crippen molar-refractivity contribution in [3.63, 3.8) is 0 Å². The molecule has 1 aromatic heterocycles. The van der Waals surface area contributed by atoms with Gasteiger partial charge < -0.3 is 29.8 Å². The van der Waals surface area contributed by atoms with E-state index in [2.05, 4.69) is 31.2 Å². The van der Waals surface area contributed by atoms with Crippen LogP contribution >= 0.6 is 0 Å². The van der Waals surface area contributed by atoms with Gasteiger partial charge in [-0.25, -0.2) is 4.79 Å². The lowest BCUT2D eigenvalue weighted by Crippen LogP contribution is -2.65. The Labute approximate surface area is 236 Å². The average Bonchev–Trinajstić information content (AvgIpc) is 3.43. The standard InChI is InChI=1S/C29H41BN4O6/c1-27(2,3)38-26(36)20-10-8-9-17(25(20)37-7)11-23(33-24(35)16-34-15-19(31)14-32-34)30-39-22-13-18-12-21(28(18,4)5)29(22,6)40-30/h8-10,14-15,18,21-23H,11-13,16,31H2,1-7H3,(H,33,35)/t18-,21-,22+,23?,29-/m0/s1. The van der Waals surface area contributed by atoms with Crippen molar-refractivity contribution in [1.82, 2.24) is 15.1 Å². The van der Waals surface area contributed by atoms with Crippen molar-refractivity contribution in [2.24, 2.45) is 17.3 Å². The number of carbonyl (C=O) groups is 2. The zero-order chi connectivity index (χ0) is 29.0. The maximum atomic E-state index is 13.2. The van der Waals surface area contributed by atoms with Crippen molar-refractivity contribution >= 4 is 24.7 Å². The summed E-state index contributed by atoms with van der Waals surface area (Å²) >= 11 is 0. The van der Waals surface area contributed by atoms with E-state index < -0.39 is 30.2 Å². The third kappa shape index (κ3) is 5.21. The number of carbonyl (C=O) groups excluding carboxylic acids is 2. The molecule has 4 fully saturated rings. The van der Waals surface area contributed by atoms with Gasteiger partial charge in [-0.2, -0.15) is 5.10 Å². The summed E-state index contributed by atoms with van der Waals surface area (Å²) in [7, 11) is 0.849. The molecule has 6 rings (SSSR count). The van der Waals surface area contributed by atoms with Crippen LogP contribution in [0.25, 0.3) is 0 Å². The lowest BCUT2D eigenvalue weighted by Gasteiger charge is -2.64. The fraction of sp³-hybridized carbons (Fsp3) is 0.621. The van der Waals surface area contributed by atoms with E-state index in [1.807, 2.05) is 26.8 Å². The van der Waals surface area contributed by atoms with E-state index in [1.165, 1.54) is 18.0 Å². The second kappa shape index (κ2) is 10.1. The van der Waals surface area contributed by atoms with Crippen molar-refractivity contribution in [3.8, 4) is 5.75 Å². The summed E-state index contributed by atoms with van der Waals surface area (Å²) in [6.07, 6.45) is 5.43. The Bertz CT molecular complexity index is 1290. The van der Waals surface area contributed by atoms with Gasteiger partial charge in [0.2, 0.25) is 5.91 Å². The Morgan fingerprint density at radius 2 is 2.02 bits per heavy atom. The first-order valence-electron chi connectivity index (χ1n) is 14.0. The molecule has 0 radical (unpaired) electrons. The number of aromatic nitrogens is 2. The summed E-state index contributed by atoms with van der Waals surface area (Å²) in [4.78, 5) is 26.2. The molecular weight excluding hydrogens is 511 g/mol. The first-order valence-corrected chi connectivity index (χ1v) is 14.0. The fourth-order valence-corrected chi connectivity index (χ4v) is 6.87. The molecule has 4 aliphatic rings. The number of ether oxygens (including phenoxy) is 2. The van der Waals surface area contributed by atoms with Crippen LogP contribution in [0.4, 0.5) is 5.69 Å². The number of esters is 1. The number of anilines is 1. The lowest BCUT2D eigenvalue weighted by atomic mass is 9.43. The zero-order valence-corrected chi connectivity index (χ0v) is 24.5. The third-order valence-corrected chi connectivity index (χ3v) is 8.96. The molecule has 3 saturated carbocycles. The van der Waals surface area contributed by atoms with Gasteiger partial charge in [0.1, 0.15) is 23.5 Å². The number of nitrogens with two attached hydrogens (primary N) is 1. The second-order valence-corrected chi connectivity index (χ2v) is 13.2. The van der Waals surface area contributed by atoms with Crippen LogP contribution < -0.4 is 15.8 Å². The topological polar surface area (TPSA) is 127 Å². The maximum Gasteiger partial charge on any atom is 0.482 e. The summed E-state index contributed by atoms with van der Waals surface area (Å²) < 4.78 is 26.1. The van der Waals surface area contributed by atoms with Crippen molar-refractivity contribution in [2.45, 2.75) is 90.6 Å². The Kier molecular flexibility index (Phi) is 7.19. The number of methoxy groups -OCH3 is 1. The maximum absolute atomic E-state index is 13.2. The molecule has 0 spiro atoms. The minimum absolute atomic E-state index is 0.00602. The molecule has 3 N–H and O–H groups in total. The van der Waals surface area contributed by atoms with Gasteiger partial charge in [-0.05, 0) is 75.8 Å². The van der Waals surface area contributed by atoms with Crippen LogP contribution in [0, 0.1) is 17.3 Å². The van der Waals surface area contributed by atoms with Gasteiger partial charge in [-0.15, -0.1) is 0 Å². The number of nitrogen functional groups attached to an aromatic ring is 1. The number of nitrogens with one attached hydrogen (secondary N) is 1. The van der Waals surface area contributed by atoms with E-state index in [1.54, 1.807) is 18.3 Å². The molecule has 1 aromatic carbocycles. The molecule has 2 bridgehead atoms. The van der Waals surface area contributed by atoms with Crippen molar-refractivity contribution < 1.29 is 28.4 Å². The first kappa shape index (κ1) is 28.5. The second-order valence-electron chi connectivity index (χ2n) is 13.2. The predicted molar refractivity (Wildman–Crippen MR) is 151 cm³/mol. The molecule has 1 aliphatic heterocycles. The normalized spacial score (nSPS) is 27.4. The van der Waals surface area contributed by atoms with Gasteiger partial charge in [0.15, 0.2) is 0 Å². The smallest absolute Gasteiger partial charge is 0.482 e. The van der Waals surface area contributed by atoms with E-state index in [0.29, 0.717) is 35.3 Å². The third-order valence-electron chi connectivity index (χ3n) is 8.96. The molecule has 10 nitrogen and oxygen atoms in total. The molecule has 1 unspecified atom stereocenters. The van der Waals surface area contributed by atoms with Gasteiger partial charge in [0.25, 0.3) is 0 Å². The number of hydrogen-bond donors (Lipinski definition) is 2. The number of nitrogens with zero attached hydrogens (tertiary/aromatic N) is 2. The number of amides is 1. The van der Waals surface area contributed by atoms with Gasteiger partial charge in [-0.3, -0.25) is 9.48 Å². The van der Waals surface area contributed by atoms with Crippen LogP contribution in [0.3, 0.4) is 0 Å². The van der Waals surface area contributed by atoms with E-state index >= 15 is 0 Å². The van der Waals surface area contributed by atoms with Crippen LogP contribution in [0.1, 0.15) is 70.3 Å². The van der Waals surface area contributed by atoms with E-state index in [-0.39, 0.29) is 24.0 Å². The molecule has 2 aromatic rings. The monoisotopic (exact) mass is 552 g/mol. The molecule has 11 heteroatoms. The summed E-state index contributed by atoms with van der Waals surface area (Å²) in [6, 6.07) is 5.35. The highest BCUT2D eigenvalue weighted by atomic mass is 16.7. The Morgan fingerprint density at radius 1 is 1.27 bits per heavy atom. The zero-order valence-electron chi connectivity index (χ0n) is 24.5. The fourth-order valence-electron chi connectivity index (χ4n) is 6.87. The van der Waals surface area contributed by atoms with Gasteiger partial charge in [-0.1, -0.05) is 26.0 Å². The molecule has 40 heavy (non-hydrogen) atoms. The molecule has 216 valence electrons. The molecule has 1 amide bonds. The van der Waals surface area contributed by atoms with Crippen LogP contribution in [0.5, 0.6) is 5.75 Å². The van der Waals surface area contributed by atoms with E-state index in [9.17, 15) is 9.59 Å². The first-order chi connectivity index (χ1) is 18.7. The van der Waals surface area contributed by atoms with Gasteiger partial charge >= 0.3 is 13.1 Å². The van der Waals surface area contributed by atoms with Crippen LogP contribution in [-0.4, -0.2) is 59.1 Å². The molecule has 1 saturated heterocycles. The summed E-state index contributed by atoms with van der Waals surface area (Å²) in [5, 5.41) is 7.25. The van der Waals surface area contributed by atoms with E-state index in [0.717, 1.165) is 18.4 Å². The predicted octanol–water partition coefficient (Wildman–Crippen LogP) is 3.42. The highest BCUT2D eigenvalue weighted by Crippen LogP contribution is 2.65. The molecule has 3 aliphatic carbocycles. The highest BCUT2D eigenvalue weighted by Gasteiger charge is 2.68. The summed E-state index contributed by atoms with van der Waals surface area (Å²) in [5.74, 6) is 0.0972. The molecular formula is C29H41BN4O6. The summed E-state index contributed by atoms with van der Waals surface area (Å²) in [5.41, 5.74) is 6.41. The Morgan fingerprint density at radius 3 is 2.65 bits per heavy atom. The van der Waals surface area contributed by atoms with Crippen molar-refractivity contribution in [1.29, 1.82) is 0 Å². The quantitative estimate of drug-likeness (QED) is 0.377. The molecule has 5 atom stereocenters. The van der Waals surface area contributed by atoms with Crippen molar-refractivity contribution in [3.05, 3.63) is 41.7 Å². The van der Waals surface area contributed by atoms with Crippen LogP contribution in [0.2, 0.25) is 0 Å². The lowest BCUT2D eigenvalue weighted by molar-refractivity contribution is -0.199. The van der Waals surface area contributed by atoms with Gasteiger partial charge in [0, 0.05) is 6.20 Å². The number of rotatable bonds is 8. The van der Waals surface area contributed by atoms with Crippen LogP contribution in [0.15, 0.2) is 30.6 Å². The average molecular weight is 552 g/mol.